The molecule has 0 aliphatic rings. The molecule has 0 saturated heterocycles. The van der Waals surface area contributed by atoms with Crippen molar-refractivity contribution in [3.63, 3.8) is 0 Å². The maximum atomic E-state index is 5.74. The molecule has 0 unspecified atom stereocenters. The van der Waals surface area contributed by atoms with Crippen molar-refractivity contribution in [3.8, 4) is 11.1 Å². The highest BCUT2D eigenvalue weighted by molar-refractivity contribution is 5.65. The van der Waals surface area contributed by atoms with Gasteiger partial charge in [0, 0.05) is 5.69 Å². The van der Waals surface area contributed by atoms with Crippen molar-refractivity contribution in [2.75, 3.05) is 5.73 Å². The monoisotopic (exact) mass is 307 g/mol. The molecule has 1 nitrogen and oxygen atoms in total. The summed E-state index contributed by atoms with van der Waals surface area (Å²) in [6.45, 7) is 6.71. The maximum Gasteiger partial charge on any atom is 0.0314 e. The Morgan fingerprint density at radius 3 is 2.04 bits per heavy atom. The van der Waals surface area contributed by atoms with Gasteiger partial charge in [-0.25, -0.2) is 0 Å². The quantitative estimate of drug-likeness (QED) is 0.475. The molecule has 0 aliphatic heterocycles. The molecule has 23 heavy (non-hydrogen) atoms. The second-order valence-corrected chi connectivity index (χ2v) is 6.82. The van der Waals surface area contributed by atoms with Crippen LogP contribution in [0.1, 0.15) is 45.6 Å². The van der Waals surface area contributed by atoms with Gasteiger partial charge in [-0.2, -0.15) is 0 Å². The maximum absolute atomic E-state index is 5.74. The molecule has 0 heterocycles. The van der Waals surface area contributed by atoms with Gasteiger partial charge in [0.15, 0.2) is 0 Å². The predicted molar refractivity (Wildman–Crippen MR) is 102 cm³/mol. The number of hydrogen-bond donors (Lipinski definition) is 1. The van der Waals surface area contributed by atoms with Gasteiger partial charge < -0.3 is 5.73 Å². The van der Waals surface area contributed by atoms with Crippen LogP contribution in [-0.4, -0.2) is 0 Å². The Balaban J connectivity index is 1.85. The SMILES string of the molecule is CC(C)=CCC[C@@H](C)CCc1ccc(-c2ccc(N)cc2)cc1. The summed E-state index contributed by atoms with van der Waals surface area (Å²) in [5.41, 5.74) is 11.9. The smallest absolute Gasteiger partial charge is 0.0314 e. The van der Waals surface area contributed by atoms with Crippen molar-refractivity contribution in [1.29, 1.82) is 0 Å². The molecule has 2 aromatic carbocycles. The molecule has 0 bridgehead atoms. The third-order valence-corrected chi connectivity index (χ3v) is 4.34. The zero-order chi connectivity index (χ0) is 16.7. The van der Waals surface area contributed by atoms with E-state index in [-0.39, 0.29) is 0 Å². The Morgan fingerprint density at radius 1 is 0.913 bits per heavy atom. The van der Waals surface area contributed by atoms with E-state index in [0.29, 0.717) is 0 Å². The number of allylic oxidation sites excluding steroid dienone is 2. The zero-order valence-electron chi connectivity index (χ0n) is 14.7. The number of anilines is 1. The molecular weight excluding hydrogens is 278 g/mol. The van der Waals surface area contributed by atoms with Crippen LogP contribution >= 0.6 is 0 Å². The molecule has 1 heteroatoms. The minimum absolute atomic E-state index is 0.780. The van der Waals surface area contributed by atoms with E-state index < -0.39 is 0 Å². The second-order valence-electron chi connectivity index (χ2n) is 6.82. The lowest BCUT2D eigenvalue weighted by atomic mass is 9.95. The van der Waals surface area contributed by atoms with Crippen LogP contribution in [0.3, 0.4) is 0 Å². The van der Waals surface area contributed by atoms with Crippen molar-refractivity contribution in [2.24, 2.45) is 5.92 Å². The third-order valence-electron chi connectivity index (χ3n) is 4.34. The molecule has 2 rings (SSSR count). The molecule has 0 spiro atoms. The van der Waals surface area contributed by atoms with Gasteiger partial charge in [0.05, 0.1) is 0 Å². The van der Waals surface area contributed by atoms with Crippen LogP contribution in [0.4, 0.5) is 5.69 Å². The van der Waals surface area contributed by atoms with Crippen LogP contribution in [-0.2, 0) is 6.42 Å². The van der Waals surface area contributed by atoms with Crippen LogP contribution in [0.5, 0.6) is 0 Å². The number of nitrogen functional groups attached to an aromatic ring is 1. The van der Waals surface area contributed by atoms with Gasteiger partial charge in [0.1, 0.15) is 0 Å². The molecule has 2 N–H and O–H groups in total. The van der Waals surface area contributed by atoms with E-state index in [9.17, 15) is 0 Å². The Hall–Kier alpha value is -2.02. The lowest BCUT2D eigenvalue weighted by Crippen LogP contribution is -1.97. The normalized spacial score (nSPS) is 12.0. The number of rotatable bonds is 7. The summed E-state index contributed by atoms with van der Waals surface area (Å²) in [5, 5.41) is 0. The van der Waals surface area contributed by atoms with Gasteiger partial charge in [-0.05, 0) is 74.3 Å². The number of hydrogen-bond acceptors (Lipinski definition) is 1. The van der Waals surface area contributed by atoms with Gasteiger partial charge in [-0.3, -0.25) is 0 Å². The molecule has 0 radical (unpaired) electrons. The molecule has 0 saturated carbocycles. The Labute approximate surface area is 141 Å². The Bertz CT molecular complexity index is 616. The van der Waals surface area contributed by atoms with Gasteiger partial charge in [0.25, 0.3) is 0 Å². The minimum Gasteiger partial charge on any atom is -0.399 e. The molecule has 1 atom stereocenters. The van der Waals surface area contributed by atoms with E-state index in [0.717, 1.165) is 18.0 Å². The van der Waals surface area contributed by atoms with Crippen LogP contribution in [0.2, 0.25) is 0 Å². The van der Waals surface area contributed by atoms with Crippen LogP contribution in [0.25, 0.3) is 11.1 Å². The molecule has 0 amide bonds. The van der Waals surface area contributed by atoms with E-state index in [1.807, 2.05) is 12.1 Å². The average molecular weight is 307 g/mol. The summed E-state index contributed by atoms with van der Waals surface area (Å²) in [6, 6.07) is 17.0. The van der Waals surface area contributed by atoms with Gasteiger partial charge >= 0.3 is 0 Å². The number of benzene rings is 2. The van der Waals surface area contributed by atoms with E-state index in [1.165, 1.54) is 41.5 Å². The van der Waals surface area contributed by atoms with E-state index in [1.54, 1.807) is 0 Å². The highest BCUT2D eigenvalue weighted by Crippen LogP contribution is 2.22. The number of nitrogens with two attached hydrogens (primary N) is 1. The van der Waals surface area contributed by atoms with Crippen LogP contribution < -0.4 is 5.73 Å². The van der Waals surface area contributed by atoms with Crippen molar-refractivity contribution in [1.82, 2.24) is 0 Å². The third kappa shape index (κ3) is 5.94. The fourth-order valence-electron chi connectivity index (χ4n) is 2.75. The van der Waals surface area contributed by atoms with Crippen molar-refractivity contribution >= 4 is 5.69 Å². The zero-order valence-corrected chi connectivity index (χ0v) is 14.7. The summed E-state index contributed by atoms with van der Waals surface area (Å²) in [7, 11) is 0. The lowest BCUT2D eigenvalue weighted by Gasteiger charge is -2.10. The largest absolute Gasteiger partial charge is 0.399 e. The van der Waals surface area contributed by atoms with Gasteiger partial charge in [-0.15, -0.1) is 0 Å². The molecule has 2 aromatic rings. The molecule has 0 aliphatic carbocycles. The highest BCUT2D eigenvalue weighted by atomic mass is 14.5. The summed E-state index contributed by atoms with van der Waals surface area (Å²) in [6.07, 6.45) is 7.27. The summed E-state index contributed by atoms with van der Waals surface area (Å²) in [4.78, 5) is 0. The minimum atomic E-state index is 0.780. The Morgan fingerprint density at radius 2 is 1.48 bits per heavy atom. The lowest BCUT2D eigenvalue weighted by molar-refractivity contribution is 0.497. The second kappa shape index (κ2) is 8.57. The van der Waals surface area contributed by atoms with Crippen molar-refractivity contribution in [2.45, 2.75) is 46.5 Å². The molecule has 0 aromatic heterocycles. The topological polar surface area (TPSA) is 26.0 Å². The molecule has 122 valence electrons. The van der Waals surface area contributed by atoms with Crippen molar-refractivity contribution < 1.29 is 0 Å². The fourth-order valence-corrected chi connectivity index (χ4v) is 2.75. The summed E-state index contributed by atoms with van der Waals surface area (Å²) in [5.74, 6) is 0.780. The molecular formula is C22H29N. The Kier molecular flexibility index (Phi) is 6.46. The van der Waals surface area contributed by atoms with Crippen LogP contribution in [0.15, 0.2) is 60.2 Å². The van der Waals surface area contributed by atoms with Gasteiger partial charge in [-0.1, -0.05) is 55.0 Å². The first-order valence-corrected chi connectivity index (χ1v) is 8.63. The van der Waals surface area contributed by atoms with E-state index in [2.05, 4.69) is 63.2 Å². The fraction of sp³-hybridized carbons (Fsp3) is 0.364. The van der Waals surface area contributed by atoms with Gasteiger partial charge in [0.2, 0.25) is 0 Å². The first-order valence-electron chi connectivity index (χ1n) is 8.63. The standard InChI is InChI=1S/C22H29N/c1-17(2)5-4-6-18(3)7-8-19-9-11-20(12-10-19)21-13-15-22(23)16-14-21/h5,9-16,18H,4,6-8,23H2,1-3H3/t18-/m1/s1. The summed E-state index contributed by atoms with van der Waals surface area (Å²) >= 11 is 0. The number of aryl methyl sites for hydroxylation is 1. The molecule has 0 fully saturated rings. The predicted octanol–water partition coefficient (Wildman–Crippen LogP) is 6.25. The van der Waals surface area contributed by atoms with E-state index in [4.69, 9.17) is 5.73 Å². The average Bonchev–Trinajstić information content (AvgIpc) is 2.54. The first-order chi connectivity index (χ1) is 11.0. The van der Waals surface area contributed by atoms with E-state index >= 15 is 0 Å². The first kappa shape index (κ1) is 17.3. The van der Waals surface area contributed by atoms with Crippen LogP contribution in [0, 0.1) is 5.92 Å². The highest BCUT2D eigenvalue weighted by Gasteiger charge is 2.03. The summed E-state index contributed by atoms with van der Waals surface area (Å²) < 4.78 is 0. The van der Waals surface area contributed by atoms with Crippen molar-refractivity contribution in [3.05, 3.63) is 65.7 Å².